The number of thioether (sulfide) groups is 1. The number of carbonyl (C=O) groups is 1. The van der Waals surface area contributed by atoms with Gasteiger partial charge in [0, 0.05) is 11.1 Å². The van der Waals surface area contributed by atoms with Gasteiger partial charge in [0.15, 0.2) is 0 Å². The Morgan fingerprint density at radius 1 is 1.21 bits per heavy atom. The van der Waals surface area contributed by atoms with E-state index in [2.05, 4.69) is 16.9 Å². The van der Waals surface area contributed by atoms with Crippen LogP contribution in [0.2, 0.25) is 0 Å². The van der Waals surface area contributed by atoms with E-state index in [1.807, 2.05) is 6.92 Å². The molecule has 3 aromatic rings. The highest BCUT2D eigenvalue weighted by atomic mass is 32.2. The van der Waals surface area contributed by atoms with Crippen LogP contribution >= 0.6 is 23.1 Å². The molecule has 3 aromatic heterocycles. The van der Waals surface area contributed by atoms with E-state index in [1.165, 1.54) is 59.7 Å². The Balaban J connectivity index is 1.81. The normalized spacial score (nSPS) is 13.8. The molecule has 0 aliphatic heterocycles. The van der Waals surface area contributed by atoms with E-state index in [1.54, 1.807) is 17.7 Å². The van der Waals surface area contributed by atoms with Crippen molar-refractivity contribution in [2.45, 2.75) is 63.8 Å². The quantitative estimate of drug-likeness (QED) is 0.303. The van der Waals surface area contributed by atoms with Gasteiger partial charge in [0.25, 0.3) is 0 Å². The molecule has 28 heavy (non-hydrogen) atoms. The molecule has 0 aromatic carbocycles. The van der Waals surface area contributed by atoms with E-state index in [4.69, 9.17) is 9.72 Å². The lowest BCUT2D eigenvalue weighted by Crippen LogP contribution is -2.09. The first-order valence-corrected chi connectivity index (χ1v) is 11.9. The van der Waals surface area contributed by atoms with Gasteiger partial charge in [0.05, 0.1) is 22.6 Å². The number of aryl methyl sites for hydroxylation is 2. The number of unbranched alkanes of at least 4 members (excludes halogenated alkanes) is 1. The second-order valence-corrected chi connectivity index (χ2v) is 9.02. The van der Waals surface area contributed by atoms with Gasteiger partial charge in [-0.05, 0) is 56.6 Å². The third-order valence-corrected chi connectivity index (χ3v) is 7.35. The number of rotatable bonds is 7. The maximum Gasteiger partial charge on any atom is 0.316 e. The highest BCUT2D eigenvalue weighted by Gasteiger charge is 2.23. The fraction of sp³-hybridized carbons (Fsp3) is 0.524. The Bertz CT molecular complexity index is 1020. The van der Waals surface area contributed by atoms with Crippen LogP contribution in [0.1, 0.15) is 56.4 Å². The van der Waals surface area contributed by atoms with E-state index >= 15 is 0 Å². The number of ether oxygens (including phenoxy) is 1. The van der Waals surface area contributed by atoms with Crippen LogP contribution in [0, 0.1) is 0 Å². The fourth-order valence-corrected chi connectivity index (χ4v) is 5.95. The van der Waals surface area contributed by atoms with Crippen molar-refractivity contribution in [3.63, 3.8) is 0 Å². The Kier molecular flexibility index (Phi) is 6.11. The van der Waals surface area contributed by atoms with Gasteiger partial charge in [-0.1, -0.05) is 25.1 Å². The molecule has 4 rings (SSSR count). The molecule has 0 saturated heterocycles. The predicted octanol–water partition coefficient (Wildman–Crippen LogP) is 5.12. The molecule has 1 aliphatic rings. The molecular weight excluding hydrogens is 390 g/mol. The Hall–Kier alpha value is -1.73. The number of nitrogens with zero attached hydrogens (tertiary/aromatic N) is 3. The predicted molar refractivity (Wildman–Crippen MR) is 115 cm³/mol. The summed E-state index contributed by atoms with van der Waals surface area (Å²) in [6.45, 7) is 4.45. The second-order valence-electron chi connectivity index (χ2n) is 7.06. The SMILES string of the molecule is CCCCc1nc2sc3c(SCC(=O)OCC)ncnc3c2c2c1CCCC2. The van der Waals surface area contributed by atoms with Crippen LogP contribution in [0.15, 0.2) is 11.4 Å². The van der Waals surface area contributed by atoms with Crippen molar-refractivity contribution in [3.05, 3.63) is 23.1 Å². The number of hydrogen-bond donors (Lipinski definition) is 0. The summed E-state index contributed by atoms with van der Waals surface area (Å²) in [5, 5.41) is 2.07. The summed E-state index contributed by atoms with van der Waals surface area (Å²) < 4.78 is 6.09. The highest BCUT2D eigenvalue weighted by Crippen LogP contribution is 2.41. The smallest absolute Gasteiger partial charge is 0.316 e. The first-order chi connectivity index (χ1) is 13.7. The third kappa shape index (κ3) is 3.74. The molecule has 0 spiro atoms. The standard InChI is InChI=1S/C21H25N3O2S2/c1-3-5-10-15-13-8-6-7-9-14(13)17-18-19(28-20(17)24-15)21(23-12-22-18)27-11-16(25)26-4-2/h12H,3-11H2,1-2H3. The van der Waals surface area contributed by atoms with Crippen LogP contribution in [-0.4, -0.2) is 33.3 Å². The Morgan fingerprint density at radius 3 is 2.82 bits per heavy atom. The molecule has 0 bridgehead atoms. The van der Waals surface area contributed by atoms with Gasteiger partial charge in [-0.2, -0.15) is 0 Å². The highest BCUT2D eigenvalue weighted by molar-refractivity contribution is 8.00. The van der Waals surface area contributed by atoms with E-state index in [-0.39, 0.29) is 11.7 Å². The summed E-state index contributed by atoms with van der Waals surface area (Å²) in [5.74, 6) is 0.0549. The van der Waals surface area contributed by atoms with Crippen molar-refractivity contribution >= 4 is 49.5 Å². The maximum atomic E-state index is 11.8. The molecule has 5 nitrogen and oxygen atoms in total. The summed E-state index contributed by atoms with van der Waals surface area (Å²) in [4.78, 5) is 27.0. The van der Waals surface area contributed by atoms with Crippen molar-refractivity contribution in [2.24, 2.45) is 0 Å². The van der Waals surface area contributed by atoms with Gasteiger partial charge in [-0.3, -0.25) is 4.79 Å². The summed E-state index contributed by atoms with van der Waals surface area (Å²) in [5.41, 5.74) is 5.19. The minimum absolute atomic E-state index is 0.210. The van der Waals surface area contributed by atoms with Crippen LogP contribution in [0.3, 0.4) is 0 Å². The summed E-state index contributed by atoms with van der Waals surface area (Å²) in [6, 6.07) is 0. The average molecular weight is 416 g/mol. The summed E-state index contributed by atoms with van der Waals surface area (Å²) in [7, 11) is 0. The van der Waals surface area contributed by atoms with Crippen molar-refractivity contribution < 1.29 is 9.53 Å². The third-order valence-electron chi connectivity index (χ3n) is 5.17. The average Bonchev–Trinajstić information content (AvgIpc) is 3.10. The lowest BCUT2D eigenvalue weighted by Gasteiger charge is -2.20. The van der Waals surface area contributed by atoms with Crippen molar-refractivity contribution in [1.82, 2.24) is 15.0 Å². The Morgan fingerprint density at radius 2 is 2.04 bits per heavy atom. The van der Waals surface area contributed by atoms with Crippen molar-refractivity contribution in [1.29, 1.82) is 0 Å². The minimum Gasteiger partial charge on any atom is -0.465 e. The lowest BCUT2D eigenvalue weighted by atomic mass is 9.87. The summed E-state index contributed by atoms with van der Waals surface area (Å²) in [6.07, 6.45) is 9.74. The van der Waals surface area contributed by atoms with Gasteiger partial charge >= 0.3 is 5.97 Å². The number of hydrogen-bond acceptors (Lipinski definition) is 7. The largest absolute Gasteiger partial charge is 0.465 e. The van der Waals surface area contributed by atoms with E-state index < -0.39 is 0 Å². The molecule has 0 N–H and O–H groups in total. The summed E-state index contributed by atoms with van der Waals surface area (Å²) >= 11 is 3.09. The second kappa shape index (κ2) is 8.74. The van der Waals surface area contributed by atoms with E-state index in [9.17, 15) is 4.79 Å². The topological polar surface area (TPSA) is 65.0 Å². The minimum atomic E-state index is -0.210. The molecule has 3 heterocycles. The van der Waals surface area contributed by atoms with E-state index in [0.717, 1.165) is 39.3 Å². The zero-order chi connectivity index (χ0) is 19.5. The fourth-order valence-electron chi connectivity index (χ4n) is 3.90. The van der Waals surface area contributed by atoms with Crippen LogP contribution in [-0.2, 0) is 28.8 Å². The van der Waals surface area contributed by atoms with Gasteiger partial charge < -0.3 is 4.74 Å². The number of thiophene rings is 1. The van der Waals surface area contributed by atoms with Crippen molar-refractivity contribution in [2.75, 3.05) is 12.4 Å². The molecule has 0 unspecified atom stereocenters. The molecule has 0 radical (unpaired) electrons. The van der Waals surface area contributed by atoms with Crippen LogP contribution < -0.4 is 0 Å². The zero-order valence-electron chi connectivity index (χ0n) is 16.4. The molecule has 1 aliphatic carbocycles. The number of pyridine rings is 1. The first kappa shape index (κ1) is 19.6. The number of aromatic nitrogens is 3. The molecular formula is C21H25N3O2S2. The molecule has 0 fully saturated rings. The molecule has 0 saturated carbocycles. The monoisotopic (exact) mass is 415 g/mol. The van der Waals surface area contributed by atoms with Crippen LogP contribution in [0.5, 0.6) is 0 Å². The molecule has 7 heteroatoms. The molecule has 0 amide bonds. The maximum absolute atomic E-state index is 11.8. The number of fused-ring (bicyclic) bond motifs is 5. The van der Waals surface area contributed by atoms with Crippen LogP contribution in [0.25, 0.3) is 20.4 Å². The number of esters is 1. The number of carbonyl (C=O) groups excluding carboxylic acids is 1. The lowest BCUT2D eigenvalue weighted by molar-refractivity contribution is -0.139. The van der Waals surface area contributed by atoms with Gasteiger partial charge in [-0.15, -0.1) is 11.3 Å². The van der Waals surface area contributed by atoms with Crippen LogP contribution in [0.4, 0.5) is 0 Å². The van der Waals surface area contributed by atoms with Gasteiger partial charge in [-0.25, -0.2) is 15.0 Å². The van der Waals surface area contributed by atoms with Gasteiger partial charge in [0.2, 0.25) is 0 Å². The van der Waals surface area contributed by atoms with E-state index in [0.29, 0.717) is 6.61 Å². The first-order valence-electron chi connectivity index (χ1n) is 10.1. The molecule has 148 valence electrons. The van der Waals surface area contributed by atoms with Gasteiger partial charge in [0.1, 0.15) is 16.2 Å². The molecule has 0 atom stereocenters. The zero-order valence-corrected chi connectivity index (χ0v) is 18.0. The van der Waals surface area contributed by atoms with Crippen molar-refractivity contribution in [3.8, 4) is 0 Å². The Labute approximate surface area is 173 Å².